The molecule has 1 atom stereocenters. The van der Waals surface area contributed by atoms with E-state index in [2.05, 4.69) is 15.3 Å². The second kappa shape index (κ2) is 10.7. The number of benzene rings is 2. The average molecular weight is 474 g/mol. The molecular weight excluding hydrogens is 446 g/mol. The number of nitrogens with zero attached hydrogens (tertiary/aromatic N) is 1. The molecule has 0 aliphatic rings. The predicted octanol–water partition coefficient (Wildman–Crippen LogP) is 4.72. The molecule has 2 N–H and O–H groups in total. The summed E-state index contributed by atoms with van der Waals surface area (Å²) >= 11 is 0. The first-order valence-corrected chi connectivity index (χ1v) is 11.2. The average Bonchev–Trinajstić information content (AvgIpc) is 3.32. The Morgan fingerprint density at radius 2 is 1.80 bits per heavy atom. The van der Waals surface area contributed by atoms with E-state index in [0.29, 0.717) is 29.2 Å². The van der Waals surface area contributed by atoms with Gasteiger partial charge in [0.25, 0.3) is 0 Å². The Morgan fingerprint density at radius 3 is 2.51 bits per heavy atom. The molecule has 35 heavy (non-hydrogen) atoms. The summed E-state index contributed by atoms with van der Waals surface area (Å²) in [6, 6.07) is 14.2. The van der Waals surface area contributed by atoms with Gasteiger partial charge in [-0.1, -0.05) is 30.3 Å². The number of carbonyl (C=O) groups excluding carboxylic acids is 2. The molecule has 2 heterocycles. The maximum Gasteiger partial charge on any atom is 0.302 e. The molecule has 8 nitrogen and oxygen atoms in total. The predicted molar refractivity (Wildman–Crippen MR) is 133 cm³/mol. The van der Waals surface area contributed by atoms with E-state index in [1.165, 1.54) is 6.92 Å². The van der Waals surface area contributed by atoms with Gasteiger partial charge in [-0.3, -0.25) is 14.6 Å². The lowest BCUT2D eigenvalue weighted by Crippen LogP contribution is -2.21. The van der Waals surface area contributed by atoms with Gasteiger partial charge in [0.2, 0.25) is 0 Å². The van der Waals surface area contributed by atoms with Crippen LogP contribution >= 0.6 is 0 Å². The van der Waals surface area contributed by atoms with E-state index in [0.717, 1.165) is 22.0 Å². The van der Waals surface area contributed by atoms with Gasteiger partial charge in [0.1, 0.15) is 17.5 Å². The maximum absolute atomic E-state index is 13.9. The molecule has 2 aromatic heterocycles. The third kappa shape index (κ3) is 5.43. The summed E-state index contributed by atoms with van der Waals surface area (Å²) in [6.07, 6.45) is 5.52. The van der Waals surface area contributed by atoms with Gasteiger partial charge in [-0.15, -0.1) is 0 Å². The monoisotopic (exact) mass is 473 g/mol. The zero-order valence-corrected chi connectivity index (χ0v) is 19.8. The number of hydrogen-bond acceptors (Lipinski definition) is 7. The highest BCUT2D eigenvalue weighted by Crippen LogP contribution is 2.30. The number of H-pyrrole nitrogens is 1. The molecule has 0 bridgehead atoms. The number of ketones is 1. The second-order valence-corrected chi connectivity index (χ2v) is 7.96. The topological polar surface area (TPSA) is 103 Å². The van der Waals surface area contributed by atoms with E-state index in [1.54, 1.807) is 38.9 Å². The van der Waals surface area contributed by atoms with Gasteiger partial charge in [-0.05, 0) is 23.3 Å². The number of aromatic nitrogens is 2. The highest BCUT2D eigenvalue weighted by atomic mass is 16.5. The minimum atomic E-state index is -0.682. The van der Waals surface area contributed by atoms with Crippen LogP contribution in [0.15, 0.2) is 67.1 Å². The number of nitrogens with one attached hydrogen (secondary N) is 2. The molecule has 0 aliphatic carbocycles. The SMILES string of the molecule is COc1ccc(C(Nc2cncc(OC)c2)C(=O)c2c[nH]c3c(CCOC(C)=O)cccc23)cc1. The Labute approximate surface area is 203 Å². The van der Waals surface area contributed by atoms with E-state index in [4.69, 9.17) is 14.2 Å². The first kappa shape index (κ1) is 23.8. The van der Waals surface area contributed by atoms with Gasteiger partial charge >= 0.3 is 5.97 Å². The Morgan fingerprint density at radius 1 is 1.03 bits per heavy atom. The van der Waals surface area contributed by atoms with Gasteiger partial charge in [-0.2, -0.15) is 0 Å². The number of pyridine rings is 1. The number of rotatable bonds is 10. The van der Waals surface area contributed by atoms with Crippen LogP contribution in [0.25, 0.3) is 10.9 Å². The van der Waals surface area contributed by atoms with Crippen LogP contribution < -0.4 is 14.8 Å². The van der Waals surface area contributed by atoms with Gasteiger partial charge in [-0.25, -0.2) is 0 Å². The van der Waals surface area contributed by atoms with Gasteiger partial charge in [0.15, 0.2) is 5.78 Å². The Bertz CT molecular complexity index is 1330. The van der Waals surface area contributed by atoms with E-state index < -0.39 is 6.04 Å². The first-order chi connectivity index (χ1) is 17.0. The molecule has 0 spiro atoms. The Kier molecular flexibility index (Phi) is 7.30. The Hall–Kier alpha value is -4.33. The van der Waals surface area contributed by atoms with E-state index in [-0.39, 0.29) is 18.4 Å². The van der Waals surface area contributed by atoms with Crippen LogP contribution in [-0.2, 0) is 16.0 Å². The lowest BCUT2D eigenvalue weighted by atomic mass is 9.96. The molecule has 4 aromatic rings. The normalized spacial score (nSPS) is 11.6. The van der Waals surface area contributed by atoms with Crippen LogP contribution in [0.1, 0.15) is 34.5 Å². The fraction of sp³-hybridized carbons (Fsp3) is 0.222. The number of anilines is 1. The lowest BCUT2D eigenvalue weighted by molar-refractivity contribution is -0.140. The molecule has 0 saturated carbocycles. The number of esters is 1. The fourth-order valence-electron chi connectivity index (χ4n) is 3.96. The zero-order valence-electron chi connectivity index (χ0n) is 19.8. The van der Waals surface area contributed by atoms with Crippen LogP contribution in [0.3, 0.4) is 0 Å². The molecule has 8 heteroatoms. The molecule has 2 aromatic carbocycles. The van der Waals surface area contributed by atoms with Crippen molar-refractivity contribution in [3.8, 4) is 11.5 Å². The van der Waals surface area contributed by atoms with Crippen LogP contribution in [0, 0.1) is 0 Å². The molecule has 1 unspecified atom stereocenters. The van der Waals surface area contributed by atoms with E-state index in [1.807, 2.05) is 42.5 Å². The van der Waals surface area contributed by atoms with Crippen molar-refractivity contribution in [1.82, 2.24) is 9.97 Å². The lowest BCUT2D eigenvalue weighted by Gasteiger charge is -2.20. The van der Waals surface area contributed by atoms with Crippen molar-refractivity contribution in [2.24, 2.45) is 0 Å². The van der Waals surface area contributed by atoms with Crippen molar-refractivity contribution in [2.75, 3.05) is 26.1 Å². The smallest absolute Gasteiger partial charge is 0.302 e. The van der Waals surface area contributed by atoms with Crippen LogP contribution in [0.2, 0.25) is 0 Å². The molecule has 0 saturated heterocycles. The summed E-state index contributed by atoms with van der Waals surface area (Å²) in [5.74, 6) is 0.856. The standard InChI is InChI=1S/C27H27N3O5/c1-17(31)35-12-11-18-5-4-6-23-24(16-29-25(18)23)27(32)26(19-7-9-21(33-2)10-8-19)30-20-13-22(34-3)15-28-14-20/h4-10,13-16,26,29-30H,11-12H2,1-3H3. The van der Waals surface area contributed by atoms with Crippen molar-refractivity contribution in [2.45, 2.75) is 19.4 Å². The van der Waals surface area contributed by atoms with Crippen molar-refractivity contribution in [3.05, 3.63) is 83.8 Å². The summed E-state index contributed by atoms with van der Waals surface area (Å²) < 4.78 is 15.7. The third-order valence-electron chi connectivity index (χ3n) is 5.72. The maximum atomic E-state index is 13.9. The number of hydrogen-bond donors (Lipinski definition) is 2. The highest BCUT2D eigenvalue weighted by Gasteiger charge is 2.25. The number of fused-ring (bicyclic) bond motifs is 1. The van der Waals surface area contributed by atoms with Crippen LogP contribution in [0.4, 0.5) is 5.69 Å². The summed E-state index contributed by atoms with van der Waals surface area (Å²) in [5.41, 5.74) is 3.80. The highest BCUT2D eigenvalue weighted by molar-refractivity contribution is 6.12. The second-order valence-electron chi connectivity index (χ2n) is 7.96. The number of methoxy groups -OCH3 is 2. The molecule has 4 rings (SSSR count). The Balaban J connectivity index is 1.70. The number of Topliss-reactive ketones (excluding diaryl/α,β-unsaturated/α-hetero) is 1. The first-order valence-electron chi connectivity index (χ1n) is 11.2. The molecule has 0 fully saturated rings. The molecule has 180 valence electrons. The summed E-state index contributed by atoms with van der Waals surface area (Å²) in [5, 5.41) is 4.12. The third-order valence-corrected chi connectivity index (χ3v) is 5.72. The summed E-state index contributed by atoms with van der Waals surface area (Å²) in [7, 11) is 3.17. The number of aromatic amines is 1. The molecule has 0 aliphatic heterocycles. The van der Waals surface area contributed by atoms with Crippen molar-refractivity contribution in [1.29, 1.82) is 0 Å². The fourth-order valence-corrected chi connectivity index (χ4v) is 3.96. The minimum absolute atomic E-state index is 0.110. The van der Waals surface area contributed by atoms with Crippen LogP contribution in [0.5, 0.6) is 11.5 Å². The van der Waals surface area contributed by atoms with Gasteiger partial charge < -0.3 is 24.5 Å². The largest absolute Gasteiger partial charge is 0.497 e. The number of ether oxygens (including phenoxy) is 3. The number of carbonyl (C=O) groups is 2. The number of para-hydroxylation sites is 1. The van der Waals surface area contributed by atoms with Crippen molar-refractivity contribution < 1.29 is 23.8 Å². The van der Waals surface area contributed by atoms with Crippen molar-refractivity contribution >= 4 is 28.3 Å². The van der Waals surface area contributed by atoms with Gasteiger partial charge in [0.05, 0.1) is 38.9 Å². The van der Waals surface area contributed by atoms with Crippen molar-refractivity contribution in [3.63, 3.8) is 0 Å². The molecule has 0 radical (unpaired) electrons. The summed E-state index contributed by atoms with van der Waals surface area (Å²) in [6.45, 7) is 1.66. The summed E-state index contributed by atoms with van der Waals surface area (Å²) in [4.78, 5) is 32.5. The van der Waals surface area contributed by atoms with E-state index >= 15 is 0 Å². The zero-order chi connectivity index (χ0) is 24.8. The van der Waals surface area contributed by atoms with E-state index in [9.17, 15) is 9.59 Å². The van der Waals surface area contributed by atoms with Crippen LogP contribution in [-0.4, -0.2) is 42.5 Å². The van der Waals surface area contributed by atoms with Gasteiger partial charge in [0, 0.05) is 42.1 Å². The molecule has 0 amide bonds. The quantitative estimate of drug-likeness (QED) is 0.254. The molecular formula is C27H27N3O5. The minimum Gasteiger partial charge on any atom is -0.497 e.